The Balaban J connectivity index is 1.89. The maximum Gasteiger partial charge on any atom is 0.234 e. The second-order valence-corrected chi connectivity index (χ2v) is 6.64. The number of nitrogens with zero attached hydrogens (tertiary/aromatic N) is 2. The van der Waals surface area contributed by atoms with Gasteiger partial charge >= 0.3 is 0 Å². The zero-order chi connectivity index (χ0) is 16.8. The maximum atomic E-state index is 12.0. The zero-order valence-electron chi connectivity index (χ0n) is 14.1. The lowest BCUT2D eigenvalue weighted by atomic mass is 9.99. The van der Waals surface area contributed by atoms with E-state index < -0.39 is 0 Å². The first-order chi connectivity index (χ1) is 11.0. The maximum absolute atomic E-state index is 12.0. The van der Waals surface area contributed by atoms with Gasteiger partial charge in [-0.1, -0.05) is 37.7 Å². The number of nitrogens with one attached hydrogen (secondary N) is 1. The number of hydrogen-bond acceptors (Lipinski definition) is 4. The molecular formula is C18H23N3OS. The van der Waals surface area contributed by atoms with E-state index in [1.54, 1.807) is 0 Å². The molecule has 1 N–H and O–H groups in total. The molecule has 1 atom stereocenters. The van der Waals surface area contributed by atoms with Gasteiger partial charge in [-0.2, -0.15) is 0 Å². The average Bonchev–Trinajstić information content (AvgIpc) is 2.52. The van der Waals surface area contributed by atoms with Crippen LogP contribution in [0.15, 0.2) is 35.5 Å². The van der Waals surface area contributed by atoms with E-state index in [1.807, 2.05) is 32.0 Å². The second kappa shape index (κ2) is 8.11. The van der Waals surface area contributed by atoms with E-state index in [0.717, 1.165) is 23.5 Å². The van der Waals surface area contributed by atoms with Crippen molar-refractivity contribution in [2.75, 3.05) is 11.1 Å². The Hall–Kier alpha value is -1.88. The normalized spacial score (nSPS) is 12.0. The molecule has 0 aliphatic rings. The fourth-order valence-corrected chi connectivity index (χ4v) is 2.97. The number of rotatable bonds is 6. The van der Waals surface area contributed by atoms with Crippen LogP contribution in [0.4, 0.5) is 5.69 Å². The van der Waals surface area contributed by atoms with Crippen molar-refractivity contribution in [3.05, 3.63) is 47.3 Å². The summed E-state index contributed by atoms with van der Waals surface area (Å²) >= 11 is 1.35. The first-order valence-corrected chi connectivity index (χ1v) is 8.81. The summed E-state index contributed by atoms with van der Waals surface area (Å²) in [7, 11) is 0. The van der Waals surface area contributed by atoms with Crippen LogP contribution in [0.2, 0.25) is 0 Å². The number of carbonyl (C=O) groups excluding carboxylic acids is 1. The standard InChI is InChI=1S/C18H23N3OS/c1-5-12(2)15-6-8-16(9-7-15)21-17(22)11-23-18-19-13(3)10-14(4)20-18/h6-10,12H,5,11H2,1-4H3,(H,21,22). The lowest BCUT2D eigenvalue weighted by Gasteiger charge is -2.10. The number of benzene rings is 1. The van der Waals surface area contributed by atoms with Gasteiger partial charge in [0.1, 0.15) is 0 Å². The van der Waals surface area contributed by atoms with Gasteiger partial charge in [0.05, 0.1) is 5.75 Å². The number of thioether (sulfide) groups is 1. The quantitative estimate of drug-likeness (QED) is 0.633. The van der Waals surface area contributed by atoms with Crippen LogP contribution >= 0.6 is 11.8 Å². The topological polar surface area (TPSA) is 54.9 Å². The molecule has 1 aromatic heterocycles. The van der Waals surface area contributed by atoms with E-state index in [-0.39, 0.29) is 5.91 Å². The molecule has 1 unspecified atom stereocenters. The minimum Gasteiger partial charge on any atom is -0.325 e. The third-order valence-corrected chi connectivity index (χ3v) is 4.52. The molecule has 2 rings (SSSR count). The highest BCUT2D eigenvalue weighted by atomic mass is 32.2. The van der Waals surface area contributed by atoms with Crippen LogP contribution in [0.25, 0.3) is 0 Å². The molecule has 0 saturated carbocycles. The Labute approximate surface area is 142 Å². The van der Waals surface area contributed by atoms with E-state index in [0.29, 0.717) is 16.8 Å². The number of aromatic nitrogens is 2. The summed E-state index contributed by atoms with van der Waals surface area (Å²) in [5, 5.41) is 3.55. The van der Waals surface area contributed by atoms with Crippen molar-refractivity contribution in [1.29, 1.82) is 0 Å². The summed E-state index contributed by atoms with van der Waals surface area (Å²) < 4.78 is 0. The highest BCUT2D eigenvalue weighted by molar-refractivity contribution is 7.99. The van der Waals surface area contributed by atoms with Crippen LogP contribution in [0.1, 0.15) is 43.1 Å². The van der Waals surface area contributed by atoms with E-state index in [1.165, 1.54) is 17.3 Å². The van der Waals surface area contributed by atoms with Crippen LogP contribution in [0.3, 0.4) is 0 Å². The summed E-state index contributed by atoms with van der Waals surface area (Å²) in [6.07, 6.45) is 1.11. The molecule has 5 heteroatoms. The Morgan fingerprint density at radius 2 is 1.78 bits per heavy atom. The second-order valence-electron chi connectivity index (χ2n) is 5.70. The molecule has 2 aromatic rings. The summed E-state index contributed by atoms with van der Waals surface area (Å²) in [5.74, 6) is 0.793. The molecule has 4 nitrogen and oxygen atoms in total. The third-order valence-electron chi connectivity index (χ3n) is 3.67. The van der Waals surface area contributed by atoms with Crippen LogP contribution in [0, 0.1) is 13.8 Å². The predicted molar refractivity (Wildman–Crippen MR) is 96.0 cm³/mol. The van der Waals surface area contributed by atoms with Crippen molar-refractivity contribution in [2.24, 2.45) is 0 Å². The van der Waals surface area contributed by atoms with Crippen molar-refractivity contribution in [3.8, 4) is 0 Å². The monoisotopic (exact) mass is 329 g/mol. The summed E-state index contributed by atoms with van der Waals surface area (Å²) in [6, 6.07) is 9.98. The summed E-state index contributed by atoms with van der Waals surface area (Å²) in [4.78, 5) is 20.7. The fourth-order valence-electron chi connectivity index (χ4n) is 2.22. The highest BCUT2D eigenvalue weighted by Crippen LogP contribution is 2.21. The van der Waals surface area contributed by atoms with Gasteiger partial charge in [0.25, 0.3) is 0 Å². The Kier molecular flexibility index (Phi) is 6.16. The van der Waals surface area contributed by atoms with E-state index >= 15 is 0 Å². The lowest BCUT2D eigenvalue weighted by Crippen LogP contribution is -2.14. The Morgan fingerprint density at radius 1 is 1.17 bits per heavy atom. The number of aryl methyl sites for hydroxylation is 2. The molecule has 23 heavy (non-hydrogen) atoms. The fraction of sp³-hybridized carbons (Fsp3) is 0.389. The third kappa shape index (κ3) is 5.36. The van der Waals surface area contributed by atoms with Crippen LogP contribution in [-0.2, 0) is 4.79 Å². The number of hydrogen-bond donors (Lipinski definition) is 1. The molecule has 122 valence electrons. The first kappa shape index (κ1) is 17.5. The first-order valence-electron chi connectivity index (χ1n) is 7.83. The molecule has 1 aromatic carbocycles. The van der Waals surface area contributed by atoms with Gasteiger partial charge in [-0.25, -0.2) is 9.97 Å². The van der Waals surface area contributed by atoms with Crippen molar-refractivity contribution >= 4 is 23.4 Å². The minimum atomic E-state index is -0.0472. The van der Waals surface area contributed by atoms with Crippen molar-refractivity contribution in [2.45, 2.75) is 45.2 Å². The summed E-state index contributed by atoms with van der Waals surface area (Å²) in [5.41, 5.74) is 3.95. The molecular weight excluding hydrogens is 306 g/mol. The number of anilines is 1. The van der Waals surface area contributed by atoms with Crippen molar-refractivity contribution in [1.82, 2.24) is 9.97 Å². The molecule has 0 saturated heterocycles. The number of amides is 1. The van der Waals surface area contributed by atoms with Gasteiger partial charge in [0.15, 0.2) is 5.16 Å². The molecule has 0 fully saturated rings. The molecule has 1 amide bonds. The van der Waals surface area contributed by atoms with Gasteiger partial charge in [-0.3, -0.25) is 4.79 Å². The molecule has 0 spiro atoms. The molecule has 0 aliphatic carbocycles. The van der Waals surface area contributed by atoms with Crippen molar-refractivity contribution in [3.63, 3.8) is 0 Å². The smallest absolute Gasteiger partial charge is 0.234 e. The van der Waals surface area contributed by atoms with Gasteiger partial charge in [0.2, 0.25) is 5.91 Å². The molecule has 0 aliphatic heterocycles. The van der Waals surface area contributed by atoms with Gasteiger partial charge < -0.3 is 5.32 Å². The minimum absolute atomic E-state index is 0.0472. The lowest BCUT2D eigenvalue weighted by molar-refractivity contribution is -0.113. The molecule has 0 bridgehead atoms. The largest absolute Gasteiger partial charge is 0.325 e. The van der Waals surface area contributed by atoms with E-state index in [4.69, 9.17) is 0 Å². The van der Waals surface area contributed by atoms with Crippen LogP contribution < -0.4 is 5.32 Å². The van der Waals surface area contributed by atoms with Crippen LogP contribution in [-0.4, -0.2) is 21.6 Å². The Bertz CT molecular complexity index is 650. The molecule has 0 radical (unpaired) electrons. The van der Waals surface area contributed by atoms with Crippen LogP contribution in [0.5, 0.6) is 0 Å². The molecule has 1 heterocycles. The zero-order valence-corrected chi connectivity index (χ0v) is 14.9. The summed E-state index contributed by atoms with van der Waals surface area (Å²) in [6.45, 7) is 8.23. The highest BCUT2D eigenvalue weighted by Gasteiger charge is 2.07. The Morgan fingerprint density at radius 3 is 2.35 bits per heavy atom. The van der Waals surface area contributed by atoms with Gasteiger partial charge in [-0.15, -0.1) is 0 Å². The van der Waals surface area contributed by atoms with Gasteiger partial charge in [0, 0.05) is 17.1 Å². The SMILES string of the molecule is CCC(C)c1ccc(NC(=O)CSc2nc(C)cc(C)n2)cc1. The average molecular weight is 329 g/mol. The van der Waals surface area contributed by atoms with Crippen molar-refractivity contribution < 1.29 is 4.79 Å². The number of carbonyl (C=O) groups is 1. The van der Waals surface area contributed by atoms with E-state index in [2.05, 4.69) is 41.3 Å². The van der Waals surface area contributed by atoms with E-state index in [9.17, 15) is 4.79 Å². The van der Waals surface area contributed by atoms with Gasteiger partial charge in [-0.05, 0) is 49.9 Å². The predicted octanol–water partition coefficient (Wildman–Crippen LogP) is 4.34.